The van der Waals surface area contributed by atoms with Gasteiger partial charge >= 0.3 is 5.97 Å². The van der Waals surface area contributed by atoms with E-state index >= 15 is 0 Å². The Labute approximate surface area is 178 Å². The smallest absolute Gasteiger partial charge is 0.357 e. The predicted molar refractivity (Wildman–Crippen MR) is 116 cm³/mol. The zero-order chi connectivity index (χ0) is 22.9. The molecule has 3 aromatic rings. The molecule has 2 aromatic carbocycles. The lowest BCUT2D eigenvalue weighted by molar-refractivity contribution is 0.0588. The van der Waals surface area contributed by atoms with E-state index in [1.54, 1.807) is 32.3 Å². The van der Waals surface area contributed by atoms with Gasteiger partial charge in [-0.1, -0.05) is 0 Å². The molecule has 9 heteroatoms. The summed E-state index contributed by atoms with van der Waals surface area (Å²) in [6.45, 7) is 0. The van der Waals surface area contributed by atoms with E-state index in [-0.39, 0.29) is 16.8 Å². The van der Waals surface area contributed by atoms with Crippen molar-refractivity contribution in [2.45, 2.75) is 0 Å². The van der Waals surface area contributed by atoms with Gasteiger partial charge < -0.3 is 29.1 Å². The summed E-state index contributed by atoms with van der Waals surface area (Å²) in [5.41, 5.74) is 0.480. The summed E-state index contributed by atoms with van der Waals surface area (Å²) < 4.78 is 22.5. The maximum atomic E-state index is 13.2. The molecule has 0 bridgehead atoms. The highest BCUT2D eigenvalue weighted by Crippen LogP contribution is 2.43. The molecule has 0 fully saturated rings. The number of esters is 1. The molecule has 0 radical (unpaired) electrons. The number of fused-ring (bicyclic) bond motifs is 1. The summed E-state index contributed by atoms with van der Waals surface area (Å²) in [5.74, 6) is 0.363. The summed E-state index contributed by atoms with van der Waals surface area (Å²) in [6.07, 6.45) is 0. The van der Waals surface area contributed by atoms with Gasteiger partial charge in [0, 0.05) is 19.7 Å². The normalized spacial score (nSPS) is 10.6. The van der Waals surface area contributed by atoms with Gasteiger partial charge in [-0.25, -0.2) is 9.47 Å². The van der Waals surface area contributed by atoms with E-state index in [0.29, 0.717) is 33.8 Å². The Kier molecular flexibility index (Phi) is 5.96. The van der Waals surface area contributed by atoms with E-state index in [4.69, 9.17) is 18.9 Å². The maximum Gasteiger partial charge on any atom is 0.357 e. The lowest BCUT2D eigenvalue weighted by Crippen LogP contribution is -2.40. The molecule has 0 aliphatic heterocycles. The molecule has 1 N–H and O–H groups in total. The van der Waals surface area contributed by atoms with Gasteiger partial charge in [0.1, 0.15) is 5.75 Å². The van der Waals surface area contributed by atoms with Crippen LogP contribution >= 0.6 is 0 Å². The number of phenols is 1. The molecule has 0 saturated carbocycles. The second kappa shape index (κ2) is 8.47. The van der Waals surface area contributed by atoms with Crippen molar-refractivity contribution >= 4 is 16.7 Å². The van der Waals surface area contributed by atoms with Crippen molar-refractivity contribution < 1.29 is 28.8 Å². The molecule has 0 saturated heterocycles. The van der Waals surface area contributed by atoms with Crippen molar-refractivity contribution in [2.75, 3.05) is 47.5 Å². The summed E-state index contributed by atoms with van der Waals surface area (Å²) in [7, 11) is 8.96. The van der Waals surface area contributed by atoms with Crippen molar-refractivity contribution in [3.05, 3.63) is 46.4 Å². The van der Waals surface area contributed by atoms with Gasteiger partial charge in [0.25, 0.3) is 5.56 Å². The fourth-order valence-electron chi connectivity index (χ4n) is 3.56. The van der Waals surface area contributed by atoms with E-state index in [9.17, 15) is 14.7 Å². The van der Waals surface area contributed by atoms with Crippen LogP contribution in [0.5, 0.6) is 23.0 Å². The van der Waals surface area contributed by atoms with Crippen molar-refractivity contribution in [1.82, 2.24) is 4.68 Å². The van der Waals surface area contributed by atoms with Crippen LogP contribution in [0.2, 0.25) is 0 Å². The van der Waals surface area contributed by atoms with Crippen molar-refractivity contribution in [3.8, 4) is 34.1 Å². The van der Waals surface area contributed by atoms with Crippen LogP contribution in [-0.4, -0.2) is 58.3 Å². The first kappa shape index (κ1) is 21.8. The van der Waals surface area contributed by atoms with E-state index < -0.39 is 11.5 Å². The highest BCUT2D eigenvalue weighted by molar-refractivity contribution is 6.07. The standard InChI is InChI=1S/C22H24N2O7/c1-23(2)24-19(22(27)31-6)18(14-8-7-13(25)11-15(14)21(24)26)12-9-16(28-3)20(30-5)17(10-12)29-4/h7-11,25H,1-6H3. The average molecular weight is 428 g/mol. The van der Waals surface area contributed by atoms with Gasteiger partial charge in [-0.15, -0.1) is 0 Å². The quantitative estimate of drug-likeness (QED) is 0.598. The van der Waals surface area contributed by atoms with Gasteiger partial charge in [-0.05, 0) is 41.3 Å². The van der Waals surface area contributed by atoms with E-state index in [0.717, 1.165) is 0 Å². The highest BCUT2D eigenvalue weighted by Gasteiger charge is 2.27. The first-order chi connectivity index (χ1) is 14.8. The molecule has 3 rings (SSSR count). The summed E-state index contributed by atoms with van der Waals surface area (Å²) in [6, 6.07) is 7.75. The van der Waals surface area contributed by atoms with Gasteiger partial charge in [0.15, 0.2) is 17.2 Å². The second-order valence-electron chi connectivity index (χ2n) is 6.82. The van der Waals surface area contributed by atoms with Crippen LogP contribution in [0.4, 0.5) is 0 Å². The second-order valence-corrected chi connectivity index (χ2v) is 6.82. The molecule has 0 amide bonds. The number of carbonyl (C=O) groups excluding carboxylic acids is 1. The third-order valence-corrected chi connectivity index (χ3v) is 4.88. The van der Waals surface area contributed by atoms with Crippen LogP contribution in [0.15, 0.2) is 35.1 Å². The average Bonchev–Trinajstić information content (AvgIpc) is 2.77. The number of ether oxygens (including phenoxy) is 4. The Morgan fingerprint density at radius 2 is 1.55 bits per heavy atom. The number of nitrogens with zero attached hydrogens (tertiary/aromatic N) is 2. The lowest BCUT2D eigenvalue weighted by atomic mass is 9.96. The third kappa shape index (κ3) is 3.58. The Bertz CT molecular complexity index is 1190. The Hall–Kier alpha value is -3.88. The topological polar surface area (TPSA) is 99.5 Å². The van der Waals surface area contributed by atoms with Crippen molar-refractivity contribution in [3.63, 3.8) is 0 Å². The van der Waals surface area contributed by atoms with Gasteiger partial charge in [0.05, 0.1) is 33.8 Å². The van der Waals surface area contributed by atoms with Gasteiger partial charge in [-0.2, -0.15) is 0 Å². The molecule has 0 aliphatic rings. The van der Waals surface area contributed by atoms with E-state index in [1.807, 2.05) is 0 Å². The molecule has 0 unspecified atom stereocenters. The van der Waals surface area contributed by atoms with E-state index in [1.165, 1.54) is 50.3 Å². The number of hydrogen-bond donors (Lipinski definition) is 1. The van der Waals surface area contributed by atoms with Crippen LogP contribution in [0.25, 0.3) is 21.9 Å². The first-order valence-electron chi connectivity index (χ1n) is 9.27. The minimum Gasteiger partial charge on any atom is -0.508 e. The third-order valence-electron chi connectivity index (χ3n) is 4.88. The van der Waals surface area contributed by atoms with E-state index in [2.05, 4.69) is 0 Å². The van der Waals surface area contributed by atoms with Crippen LogP contribution < -0.4 is 24.8 Å². The van der Waals surface area contributed by atoms with Crippen LogP contribution in [0.1, 0.15) is 10.5 Å². The Morgan fingerprint density at radius 3 is 2.03 bits per heavy atom. The molecule has 164 valence electrons. The molecular weight excluding hydrogens is 404 g/mol. The van der Waals surface area contributed by atoms with Gasteiger partial charge in [-0.3, -0.25) is 4.79 Å². The summed E-state index contributed by atoms with van der Waals surface area (Å²) >= 11 is 0. The zero-order valence-electron chi connectivity index (χ0n) is 18.2. The fourth-order valence-corrected chi connectivity index (χ4v) is 3.56. The first-order valence-corrected chi connectivity index (χ1v) is 9.27. The SMILES string of the molecule is COC(=O)c1c(-c2cc(OC)c(OC)c(OC)c2)c2ccc(O)cc2c(=O)n1N(C)C. The fraction of sp³-hybridized carbons (Fsp3) is 0.273. The summed E-state index contributed by atoms with van der Waals surface area (Å²) in [5, 5.41) is 12.1. The Balaban J connectivity index is 2.60. The van der Waals surface area contributed by atoms with Gasteiger partial charge in [0.2, 0.25) is 5.75 Å². The van der Waals surface area contributed by atoms with Crippen molar-refractivity contribution in [1.29, 1.82) is 0 Å². The molecule has 0 aliphatic carbocycles. The number of pyridine rings is 1. The molecule has 1 heterocycles. The maximum absolute atomic E-state index is 13.2. The minimum absolute atomic E-state index is 0.0185. The molecular formula is C22H24N2O7. The largest absolute Gasteiger partial charge is 0.508 e. The van der Waals surface area contributed by atoms with Crippen molar-refractivity contribution in [2.24, 2.45) is 0 Å². The molecule has 0 atom stereocenters. The summed E-state index contributed by atoms with van der Waals surface area (Å²) in [4.78, 5) is 26.1. The number of hydrogen-bond acceptors (Lipinski definition) is 8. The zero-order valence-corrected chi connectivity index (χ0v) is 18.2. The minimum atomic E-state index is -0.704. The monoisotopic (exact) mass is 428 g/mol. The number of aromatic nitrogens is 1. The van der Waals surface area contributed by atoms with Crippen LogP contribution in [0, 0.1) is 0 Å². The number of phenolic OH excluding ortho intramolecular Hbond substituents is 1. The predicted octanol–water partition coefficient (Wildman–Crippen LogP) is 2.38. The number of benzene rings is 2. The molecule has 0 spiro atoms. The number of rotatable bonds is 6. The number of carbonyl (C=O) groups is 1. The highest BCUT2D eigenvalue weighted by atomic mass is 16.5. The lowest BCUT2D eigenvalue weighted by Gasteiger charge is -2.24. The molecule has 9 nitrogen and oxygen atoms in total. The van der Waals surface area contributed by atoms with Crippen LogP contribution in [0.3, 0.4) is 0 Å². The Morgan fingerprint density at radius 1 is 0.935 bits per heavy atom. The van der Waals surface area contributed by atoms with Crippen LogP contribution in [-0.2, 0) is 4.74 Å². The molecule has 31 heavy (non-hydrogen) atoms. The number of methoxy groups -OCH3 is 4. The molecule has 1 aromatic heterocycles. The number of aromatic hydroxyl groups is 1.